The van der Waals surface area contributed by atoms with E-state index in [2.05, 4.69) is 31.9 Å². The van der Waals surface area contributed by atoms with Gasteiger partial charge >= 0.3 is 11.9 Å². The summed E-state index contributed by atoms with van der Waals surface area (Å²) in [4.78, 5) is 105. The third-order valence-electron chi connectivity index (χ3n) is 9.04. The van der Waals surface area contributed by atoms with Crippen LogP contribution in [0.5, 0.6) is 0 Å². The number of amides is 6. The van der Waals surface area contributed by atoms with Gasteiger partial charge in [-0.2, -0.15) is 0 Å². The highest BCUT2D eigenvalue weighted by molar-refractivity contribution is 5.98. The van der Waals surface area contributed by atoms with Crippen LogP contribution >= 0.6 is 0 Å². The topological polar surface area (TPSA) is 321 Å². The summed E-state index contributed by atoms with van der Waals surface area (Å²) in [6.45, 7) is 10.4. The fourth-order valence-corrected chi connectivity index (χ4v) is 6.03. The molecule has 0 aliphatic rings. The first-order valence-corrected chi connectivity index (χ1v) is 20.1. The minimum absolute atomic E-state index is 0.0472. The summed E-state index contributed by atoms with van der Waals surface area (Å²) in [5.74, 6) is -8.23. The summed E-state index contributed by atoms with van der Waals surface area (Å²) in [6, 6.07) is -0.837. The fourth-order valence-electron chi connectivity index (χ4n) is 6.03. The molecular weight excluding hydrogens is 768 g/mol. The molecule has 19 heteroatoms. The van der Waals surface area contributed by atoms with Crippen LogP contribution in [0.4, 0.5) is 0 Å². The van der Waals surface area contributed by atoms with Gasteiger partial charge in [-0.3, -0.25) is 33.6 Å². The first kappa shape index (κ1) is 51.9. The summed E-state index contributed by atoms with van der Waals surface area (Å²) in [5.41, 5.74) is 11.7. The summed E-state index contributed by atoms with van der Waals surface area (Å²) >= 11 is 0. The van der Waals surface area contributed by atoms with Crippen molar-refractivity contribution in [2.24, 2.45) is 29.2 Å². The van der Waals surface area contributed by atoms with E-state index in [4.69, 9.17) is 11.5 Å². The Morgan fingerprint density at radius 2 is 0.949 bits per heavy atom. The van der Waals surface area contributed by atoms with E-state index in [0.29, 0.717) is 24.9 Å². The number of rotatable bonds is 28. The summed E-state index contributed by atoms with van der Waals surface area (Å²) in [6.07, 6.45) is 0.368. The third-order valence-corrected chi connectivity index (χ3v) is 9.04. The number of hydrogen-bond acceptors (Lipinski definition) is 11. The molecule has 332 valence electrons. The number of benzene rings is 1. The third kappa shape index (κ3) is 20.4. The van der Waals surface area contributed by atoms with E-state index in [1.54, 1.807) is 71.9 Å². The second-order valence-corrected chi connectivity index (χ2v) is 16.0. The van der Waals surface area contributed by atoms with Crippen molar-refractivity contribution in [2.75, 3.05) is 13.2 Å². The second-order valence-electron chi connectivity index (χ2n) is 16.0. The van der Waals surface area contributed by atoms with Crippen molar-refractivity contribution >= 4 is 47.4 Å². The Morgan fingerprint density at radius 3 is 1.36 bits per heavy atom. The molecule has 0 heterocycles. The van der Waals surface area contributed by atoms with Crippen molar-refractivity contribution < 1.29 is 53.7 Å². The van der Waals surface area contributed by atoms with Crippen molar-refractivity contribution in [3.63, 3.8) is 0 Å². The van der Waals surface area contributed by atoms with Crippen LogP contribution in [0.15, 0.2) is 30.3 Å². The van der Waals surface area contributed by atoms with Crippen LogP contribution < -0.4 is 43.4 Å². The number of carbonyl (C=O) groups is 8. The number of aliphatic carboxylic acids is 2. The lowest BCUT2D eigenvalue weighted by atomic mass is 9.99. The number of nitrogens with one attached hydrogen (secondary N) is 6. The number of carboxylic acids is 2. The van der Waals surface area contributed by atoms with Crippen LogP contribution in [0, 0.1) is 17.8 Å². The SMILES string of the molecule is CC(C)C[C@H](NC(=O)[C@H](Cc1ccccc1)NC(=O)[C@H](CC(=O)O)NC(=O)[C@H](CC(C)C)NC(=O)[C@H](CC(C)C)NC(=O)[C@@H](N)CO)C(=O)N[C@@H](CCCCN)C(=O)O. The van der Waals surface area contributed by atoms with Crippen LogP contribution in [0.25, 0.3) is 0 Å². The molecule has 13 N–H and O–H groups in total. The molecule has 7 atom stereocenters. The molecule has 1 aromatic rings. The molecule has 0 aromatic heterocycles. The zero-order valence-electron chi connectivity index (χ0n) is 35.0. The zero-order valence-corrected chi connectivity index (χ0v) is 35.0. The first-order chi connectivity index (χ1) is 27.7. The number of hydrogen-bond donors (Lipinski definition) is 11. The molecule has 0 fully saturated rings. The molecule has 0 bridgehead atoms. The summed E-state index contributed by atoms with van der Waals surface area (Å²) < 4.78 is 0. The number of nitrogens with two attached hydrogens (primary N) is 2. The minimum Gasteiger partial charge on any atom is -0.481 e. The highest BCUT2D eigenvalue weighted by atomic mass is 16.4. The van der Waals surface area contributed by atoms with E-state index in [1.807, 2.05) is 0 Å². The van der Waals surface area contributed by atoms with Crippen LogP contribution in [0.2, 0.25) is 0 Å². The van der Waals surface area contributed by atoms with E-state index in [-0.39, 0.29) is 49.9 Å². The minimum atomic E-state index is -1.74. The Hall–Kier alpha value is -5.14. The van der Waals surface area contributed by atoms with E-state index >= 15 is 0 Å². The molecule has 0 saturated carbocycles. The van der Waals surface area contributed by atoms with E-state index in [0.717, 1.165) is 0 Å². The molecule has 0 aliphatic carbocycles. The van der Waals surface area contributed by atoms with Gasteiger partial charge in [0.25, 0.3) is 0 Å². The molecule has 0 spiro atoms. The van der Waals surface area contributed by atoms with Gasteiger partial charge in [-0.1, -0.05) is 71.9 Å². The van der Waals surface area contributed by atoms with Gasteiger partial charge in [-0.05, 0) is 68.4 Å². The number of carboxylic acid groups (broad SMARTS) is 2. The van der Waals surface area contributed by atoms with E-state index in [1.165, 1.54) is 0 Å². The van der Waals surface area contributed by atoms with Crippen LogP contribution in [0.1, 0.15) is 92.1 Å². The standard InChI is InChI=1S/C40H66N8O11/c1-22(2)16-28(44-34(52)26(42)21-49)36(54)45-30(18-24(5)6)37(55)48-32(20-33(50)51)39(57)47-31(19-25-12-8-7-9-13-25)38(56)46-29(17-23(3)4)35(53)43-27(40(58)59)14-10-11-15-41/h7-9,12-13,22-24,26-32,49H,10-11,14-21,41-42H2,1-6H3,(H,43,53)(H,44,52)(H,45,54)(H,46,56)(H,47,57)(H,48,55)(H,50,51)(H,58,59)/t26-,27-,28-,29-,30-,31-,32-/m0/s1. The van der Waals surface area contributed by atoms with Gasteiger partial charge in [-0.25, -0.2) is 4.79 Å². The summed E-state index contributed by atoms with van der Waals surface area (Å²) in [5, 5.41) is 43.9. The lowest BCUT2D eigenvalue weighted by Crippen LogP contribution is -2.60. The van der Waals surface area contributed by atoms with Gasteiger partial charge in [0.1, 0.15) is 42.3 Å². The molecule has 0 aliphatic heterocycles. The number of unbranched alkanes of at least 4 members (excludes halogenated alkanes) is 1. The van der Waals surface area contributed by atoms with Crippen molar-refractivity contribution in [1.82, 2.24) is 31.9 Å². The number of aliphatic hydroxyl groups excluding tert-OH is 1. The first-order valence-electron chi connectivity index (χ1n) is 20.1. The molecule has 6 amide bonds. The molecule has 0 radical (unpaired) electrons. The molecular formula is C40H66N8O11. The van der Waals surface area contributed by atoms with Crippen LogP contribution in [-0.4, -0.2) is 118 Å². The maximum absolute atomic E-state index is 14.0. The molecule has 1 rings (SSSR count). The van der Waals surface area contributed by atoms with E-state index < -0.39 is 103 Å². The second kappa shape index (κ2) is 26.8. The van der Waals surface area contributed by atoms with Crippen molar-refractivity contribution in [2.45, 2.75) is 135 Å². The van der Waals surface area contributed by atoms with Gasteiger partial charge in [0.2, 0.25) is 35.4 Å². The van der Waals surface area contributed by atoms with Gasteiger partial charge in [-0.15, -0.1) is 0 Å². The average Bonchev–Trinajstić information content (AvgIpc) is 3.15. The predicted molar refractivity (Wildman–Crippen MR) is 218 cm³/mol. The van der Waals surface area contributed by atoms with Gasteiger partial charge in [0.15, 0.2) is 0 Å². The quantitative estimate of drug-likeness (QED) is 0.0466. The lowest BCUT2D eigenvalue weighted by Gasteiger charge is -2.28. The Kier molecular flexibility index (Phi) is 23.5. The molecule has 19 nitrogen and oxygen atoms in total. The Bertz CT molecular complexity index is 1540. The van der Waals surface area contributed by atoms with Crippen molar-refractivity contribution in [3.8, 4) is 0 Å². The monoisotopic (exact) mass is 834 g/mol. The zero-order chi connectivity index (χ0) is 44.8. The van der Waals surface area contributed by atoms with Crippen molar-refractivity contribution in [1.29, 1.82) is 0 Å². The highest BCUT2D eigenvalue weighted by Crippen LogP contribution is 2.12. The van der Waals surface area contributed by atoms with Gasteiger partial charge in [0.05, 0.1) is 13.0 Å². The Morgan fingerprint density at radius 1 is 0.559 bits per heavy atom. The fraction of sp³-hybridized carbons (Fsp3) is 0.650. The molecule has 0 unspecified atom stereocenters. The van der Waals surface area contributed by atoms with Gasteiger partial charge < -0.3 is 58.7 Å². The molecule has 0 saturated heterocycles. The number of carbonyl (C=O) groups excluding carboxylic acids is 6. The highest BCUT2D eigenvalue weighted by Gasteiger charge is 2.35. The smallest absolute Gasteiger partial charge is 0.326 e. The molecule has 1 aromatic carbocycles. The van der Waals surface area contributed by atoms with E-state index in [9.17, 15) is 53.7 Å². The molecule has 59 heavy (non-hydrogen) atoms. The largest absolute Gasteiger partial charge is 0.481 e. The maximum atomic E-state index is 14.0. The van der Waals surface area contributed by atoms with Crippen LogP contribution in [0.3, 0.4) is 0 Å². The van der Waals surface area contributed by atoms with Gasteiger partial charge in [0, 0.05) is 6.42 Å². The predicted octanol–water partition coefficient (Wildman–Crippen LogP) is -0.716. The lowest BCUT2D eigenvalue weighted by molar-refractivity contribution is -0.142. The normalized spacial score (nSPS) is 14.8. The average molecular weight is 835 g/mol. The Balaban J connectivity index is 3.44. The Labute approximate surface area is 345 Å². The van der Waals surface area contributed by atoms with Crippen LogP contribution in [-0.2, 0) is 44.8 Å². The van der Waals surface area contributed by atoms with Crippen molar-refractivity contribution in [3.05, 3.63) is 35.9 Å². The number of aliphatic hydroxyl groups is 1. The maximum Gasteiger partial charge on any atom is 0.326 e. The summed E-state index contributed by atoms with van der Waals surface area (Å²) in [7, 11) is 0.